The number of carbonyl (C=O) groups is 1. The molecule has 0 spiro atoms. The van der Waals surface area contributed by atoms with Crippen molar-refractivity contribution in [2.45, 2.75) is 39.2 Å². The number of ether oxygens (including phenoxy) is 3. The minimum atomic E-state index is -0.601. The van der Waals surface area contributed by atoms with Crippen LogP contribution in [0.4, 0.5) is 11.4 Å². The molecule has 2 N–H and O–H groups in total. The van der Waals surface area contributed by atoms with E-state index in [9.17, 15) is 9.90 Å². The highest BCUT2D eigenvalue weighted by atomic mass is 16.6. The zero-order valence-corrected chi connectivity index (χ0v) is 19.2. The number of carbonyl (C=O) groups excluding carboxylic acids is 1. The molecule has 3 aromatic carbocycles. The van der Waals surface area contributed by atoms with Crippen LogP contribution in [-0.2, 0) is 17.6 Å². The molecule has 0 saturated carbocycles. The maximum Gasteiger partial charge on any atom is 0.340 e. The summed E-state index contributed by atoms with van der Waals surface area (Å²) >= 11 is 0. The number of nitrogens with one attached hydrogen (secondary N) is 1. The van der Waals surface area contributed by atoms with Crippen LogP contribution in [0, 0.1) is 0 Å². The van der Waals surface area contributed by atoms with E-state index in [2.05, 4.69) is 11.4 Å². The van der Waals surface area contributed by atoms with Crippen molar-refractivity contribution < 1.29 is 24.1 Å². The van der Waals surface area contributed by atoms with Gasteiger partial charge in [-0.2, -0.15) is 0 Å². The molecule has 6 nitrogen and oxygen atoms in total. The van der Waals surface area contributed by atoms with Crippen LogP contribution < -0.4 is 14.8 Å². The number of phenolic OH excluding ortho intramolecular Hbond substituents is 1. The number of hydrogen-bond donors (Lipinski definition) is 2. The molecular weight excluding hydrogens is 418 g/mol. The second-order valence-corrected chi connectivity index (χ2v) is 9.04. The molecule has 1 aliphatic rings. The third-order valence-corrected chi connectivity index (χ3v) is 5.14. The van der Waals surface area contributed by atoms with Crippen molar-refractivity contribution in [3.05, 3.63) is 77.4 Å². The number of fused-ring (bicyclic) bond motifs is 1. The van der Waals surface area contributed by atoms with E-state index in [1.165, 1.54) is 0 Å². The molecule has 1 aliphatic heterocycles. The third kappa shape index (κ3) is 5.98. The first kappa shape index (κ1) is 22.5. The summed E-state index contributed by atoms with van der Waals surface area (Å²) in [4.78, 5) is 12.8. The van der Waals surface area contributed by atoms with E-state index in [0.29, 0.717) is 30.2 Å². The molecule has 0 aromatic heterocycles. The molecule has 0 bridgehead atoms. The number of phenols is 1. The summed E-state index contributed by atoms with van der Waals surface area (Å²) < 4.78 is 16.9. The number of anilines is 2. The molecule has 172 valence electrons. The minimum Gasteiger partial charge on any atom is -0.508 e. The van der Waals surface area contributed by atoms with Crippen molar-refractivity contribution in [2.75, 3.05) is 18.5 Å². The maximum absolute atomic E-state index is 12.8. The standard InChI is InChI=1S/C27H29NO5/c1-27(2,3)33-26(30)22-11-9-18(15-23(22)28-20-5-4-6-21(29)17-20)7-8-19-10-12-24-25(16-19)32-14-13-31-24/h4-6,9-12,15-17,28-29H,7-8,13-14H2,1-3H3. The van der Waals surface area contributed by atoms with E-state index < -0.39 is 11.6 Å². The summed E-state index contributed by atoms with van der Waals surface area (Å²) in [6, 6.07) is 18.5. The van der Waals surface area contributed by atoms with Gasteiger partial charge in [0.05, 0.1) is 11.3 Å². The molecule has 4 rings (SSSR count). The summed E-state index contributed by atoms with van der Waals surface area (Å²) in [5, 5.41) is 13.1. The lowest BCUT2D eigenvalue weighted by Gasteiger charge is -2.21. The Morgan fingerprint density at radius 3 is 2.36 bits per heavy atom. The fourth-order valence-corrected chi connectivity index (χ4v) is 3.63. The number of hydrogen-bond acceptors (Lipinski definition) is 6. The summed E-state index contributed by atoms with van der Waals surface area (Å²) in [6.07, 6.45) is 1.59. The molecule has 0 fully saturated rings. The quantitative estimate of drug-likeness (QED) is 0.476. The Labute approximate surface area is 194 Å². The van der Waals surface area contributed by atoms with Crippen molar-refractivity contribution in [1.29, 1.82) is 0 Å². The second kappa shape index (κ2) is 9.45. The van der Waals surface area contributed by atoms with E-state index in [-0.39, 0.29) is 5.75 Å². The largest absolute Gasteiger partial charge is 0.508 e. The van der Waals surface area contributed by atoms with Gasteiger partial charge < -0.3 is 24.6 Å². The van der Waals surface area contributed by atoms with Crippen LogP contribution in [0.15, 0.2) is 60.7 Å². The van der Waals surface area contributed by atoms with Gasteiger partial charge >= 0.3 is 5.97 Å². The average molecular weight is 448 g/mol. The molecule has 0 unspecified atom stereocenters. The summed E-state index contributed by atoms with van der Waals surface area (Å²) in [5.74, 6) is 1.31. The smallest absolute Gasteiger partial charge is 0.340 e. The van der Waals surface area contributed by atoms with E-state index in [1.807, 2.05) is 51.1 Å². The first-order valence-corrected chi connectivity index (χ1v) is 11.1. The fourth-order valence-electron chi connectivity index (χ4n) is 3.63. The molecule has 33 heavy (non-hydrogen) atoms. The topological polar surface area (TPSA) is 77.0 Å². The Morgan fingerprint density at radius 1 is 0.939 bits per heavy atom. The maximum atomic E-state index is 12.8. The van der Waals surface area contributed by atoms with Gasteiger partial charge in [0.15, 0.2) is 11.5 Å². The average Bonchev–Trinajstić information content (AvgIpc) is 2.76. The molecular formula is C27H29NO5. The highest BCUT2D eigenvalue weighted by Crippen LogP contribution is 2.32. The number of aryl methyl sites for hydroxylation is 2. The van der Waals surface area contributed by atoms with Crippen molar-refractivity contribution in [2.24, 2.45) is 0 Å². The third-order valence-electron chi connectivity index (χ3n) is 5.14. The van der Waals surface area contributed by atoms with Gasteiger partial charge in [0.25, 0.3) is 0 Å². The van der Waals surface area contributed by atoms with Crippen molar-refractivity contribution >= 4 is 17.3 Å². The molecule has 3 aromatic rings. The number of esters is 1. The summed E-state index contributed by atoms with van der Waals surface area (Å²) in [5.41, 5.74) is 3.38. The second-order valence-electron chi connectivity index (χ2n) is 9.04. The molecule has 0 amide bonds. The first-order chi connectivity index (χ1) is 15.8. The molecule has 0 radical (unpaired) electrons. The van der Waals surface area contributed by atoms with Crippen LogP contribution in [0.3, 0.4) is 0 Å². The van der Waals surface area contributed by atoms with Gasteiger partial charge in [0.1, 0.15) is 24.6 Å². The Hall–Kier alpha value is -3.67. The molecule has 1 heterocycles. The first-order valence-electron chi connectivity index (χ1n) is 11.1. The van der Waals surface area contributed by atoms with E-state index in [0.717, 1.165) is 35.5 Å². The van der Waals surface area contributed by atoms with Crippen LogP contribution in [0.5, 0.6) is 17.2 Å². The summed E-state index contributed by atoms with van der Waals surface area (Å²) in [6.45, 7) is 6.66. The predicted molar refractivity (Wildman–Crippen MR) is 128 cm³/mol. The van der Waals surface area contributed by atoms with Gasteiger partial charge in [-0.05, 0) is 81.1 Å². The molecule has 0 aliphatic carbocycles. The van der Waals surface area contributed by atoms with Gasteiger partial charge in [0.2, 0.25) is 0 Å². The van der Waals surface area contributed by atoms with Crippen molar-refractivity contribution in [1.82, 2.24) is 0 Å². The lowest BCUT2D eigenvalue weighted by atomic mass is 10.0. The molecule has 0 saturated heterocycles. The van der Waals surface area contributed by atoms with Crippen LogP contribution in [-0.4, -0.2) is 29.9 Å². The van der Waals surface area contributed by atoms with Gasteiger partial charge in [-0.1, -0.05) is 18.2 Å². The normalized spacial score (nSPS) is 12.8. The van der Waals surface area contributed by atoms with E-state index in [1.54, 1.807) is 24.3 Å². The fraction of sp³-hybridized carbons (Fsp3) is 0.296. The Morgan fingerprint density at radius 2 is 1.64 bits per heavy atom. The van der Waals surface area contributed by atoms with Crippen LogP contribution in [0.1, 0.15) is 42.3 Å². The predicted octanol–water partition coefficient (Wildman–Crippen LogP) is 5.65. The SMILES string of the molecule is CC(C)(C)OC(=O)c1ccc(CCc2ccc3c(c2)OCCO3)cc1Nc1cccc(O)c1. The van der Waals surface area contributed by atoms with Gasteiger partial charge in [-0.15, -0.1) is 0 Å². The lowest BCUT2D eigenvalue weighted by molar-refractivity contribution is 0.00707. The number of benzene rings is 3. The number of aromatic hydroxyl groups is 1. The Kier molecular flexibility index (Phi) is 6.45. The van der Waals surface area contributed by atoms with Crippen LogP contribution in [0.25, 0.3) is 0 Å². The van der Waals surface area contributed by atoms with E-state index >= 15 is 0 Å². The minimum absolute atomic E-state index is 0.147. The van der Waals surface area contributed by atoms with Gasteiger partial charge in [0, 0.05) is 11.8 Å². The monoisotopic (exact) mass is 447 g/mol. The highest BCUT2D eigenvalue weighted by Gasteiger charge is 2.21. The van der Waals surface area contributed by atoms with Crippen molar-refractivity contribution in [3.63, 3.8) is 0 Å². The van der Waals surface area contributed by atoms with Gasteiger partial charge in [-0.3, -0.25) is 0 Å². The number of rotatable bonds is 6. The summed E-state index contributed by atoms with van der Waals surface area (Å²) in [7, 11) is 0. The van der Waals surface area contributed by atoms with E-state index in [4.69, 9.17) is 14.2 Å². The zero-order chi connectivity index (χ0) is 23.4. The van der Waals surface area contributed by atoms with Crippen molar-refractivity contribution in [3.8, 4) is 17.2 Å². The lowest BCUT2D eigenvalue weighted by Crippen LogP contribution is -2.24. The zero-order valence-electron chi connectivity index (χ0n) is 19.2. The highest BCUT2D eigenvalue weighted by molar-refractivity contribution is 5.97. The Bertz CT molecular complexity index is 1150. The van der Waals surface area contributed by atoms with Crippen LogP contribution >= 0.6 is 0 Å². The Balaban J connectivity index is 1.56. The van der Waals surface area contributed by atoms with Gasteiger partial charge in [-0.25, -0.2) is 4.79 Å². The molecule has 0 atom stereocenters. The van der Waals surface area contributed by atoms with Crippen LogP contribution in [0.2, 0.25) is 0 Å². The molecule has 6 heteroatoms.